The molecule has 0 unspecified atom stereocenters. The third-order valence-electron chi connectivity index (χ3n) is 7.24. The lowest BCUT2D eigenvalue weighted by Gasteiger charge is -2.40. The van der Waals surface area contributed by atoms with Gasteiger partial charge in [0.15, 0.2) is 11.3 Å². The molecule has 1 aliphatic carbocycles. The topological polar surface area (TPSA) is 77.7 Å². The van der Waals surface area contributed by atoms with Gasteiger partial charge in [0.1, 0.15) is 0 Å². The molecule has 1 heterocycles. The third-order valence-corrected chi connectivity index (χ3v) is 7.46. The number of pyridine rings is 1. The molecule has 1 fully saturated rings. The van der Waals surface area contributed by atoms with Crippen LogP contribution < -0.4 is 20.4 Å². The van der Waals surface area contributed by atoms with Crippen molar-refractivity contribution in [3.8, 4) is 5.88 Å². The van der Waals surface area contributed by atoms with E-state index < -0.39 is 0 Å². The monoisotopic (exact) mass is 502 g/mol. The van der Waals surface area contributed by atoms with Crippen molar-refractivity contribution in [1.82, 2.24) is 15.2 Å². The zero-order chi connectivity index (χ0) is 25.7. The van der Waals surface area contributed by atoms with Gasteiger partial charge < -0.3 is 24.8 Å². The summed E-state index contributed by atoms with van der Waals surface area (Å²) >= 11 is 6.51. The molecule has 1 aliphatic rings. The van der Waals surface area contributed by atoms with Crippen LogP contribution >= 0.6 is 11.6 Å². The molecule has 0 atom stereocenters. The minimum atomic E-state index is -0.264. The van der Waals surface area contributed by atoms with Crippen LogP contribution in [0.15, 0.2) is 23.0 Å². The maximum absolute atomic E-state index is 13.2. The summed E-state index contributed by atoms with van der Waals surface area (Å²) < 4.78 is 5.37. The lowest BCUT2D eigenvalue weighted by molar-refractivity contribution is 0.0950. The Balaban J connectivity index is 1.82. The highest BCUT2D eigenvalue weighted by Gasteiger charge is 2.28. The van der Waals surface area contributed by atoms with Crippen molar-refractivity contribution in [3.05, 3.63) is 55.8 Å². The summed E-state index contributed by atoms with van der Waals surface area (Å²) in [5.41, 5.74) is 3.44. The van der Waals surface area contributed by atoms with E-state index in [-0.39, 0.29) is 17.9 Å². The molecule has 0 saturated heterocycles. The first kappa shape index (κ1) is 27.1. The van der Waals surface area contributed by atoms with Crippen LogP contribution in [0.5, 0.6) is 5.88 Å². The highest BCUT2D eigenvalue weighted by Crippen LogP contribution is 2.34. The fourth-order valence-corrected chi connectivity index (χ4v) is 5.33. The number of hydrogen-bond donors (Lipinski definition) is 2. The lowest BCUT2D eigenvalue weighted by atomic mass is 9.89. The molecule has 1 saturated carbocycles. The molecule has 1 aromatic heterocycles. The van der Waals surface area contributed by atoms with E-state index >= 15 is 0 Å². The Bertz CT molecular complexity index is 1090. The number of methoxy groups -OCH3 is 1. The van der Waals surface area contributed by atoms with Crippen LogP contribution in [-0.4, -0.2) is 55.6 Å². The number of ether oxygens (including phenoxy) is 1. The van der Waals surface area contributed by atoms with E-state index in [9.17, 15) is 9.59 Å². The van der Waals surface area contributed by atoms with Crippen molar-refractivity contribution in [1.29, 1.82) is 0 Å². The summed E-state index contributed by atoms with van der Waals surface area (Å²) in [5, 5.41) is 3.42. The molecule has 192 valence electrons. The predicted octanol–water partition coefficient (Wildman–Crippen LogP) is 4.54. The Morgan fingerprint density at radius 1 is 1.14 bits per heavy atom. The van der Waals surface area contributed by atoms with Crippen LogP contribution in [0.3, 0.4) is 0 Å². The van der Waals surface area contributed by atoms with Crippen molar-refractivity contribution in [3.63, 3.8) is 0 Å². The van der Waals surface area contributed by atoms with E-state index in [4.69, 9.17) is 16.3 Å². The number of aromatic amines is 1. The number of benzene rings is 1. The first-order chi connectivity index (χ1) is 16.7. The average molecular weight is 503 g/mol. The largest absolute Gasteiger partial charge is 0.482 e. The Morgan fingerprint density at radius 3 is 2.37 bits per heavy atom. The van der Waals surface area contributed by atoms with Crippen molar-refractivity contribution < 1.29 is 9.53 Å². The number of nitrogens with zero attached hydrogens (tertiary/aromatic N) is 2. The third kappa shape index (κ3) is 6.19. The average Bonchev–Trinajstić information content (AvgIpc) is 2.85. The number of hydrogen-bond acceptors (Lipinski definition) is 5. The number of rotatable bonds is 9. The highest BCUT2D eigenvalue weighted by molar-refractivity contribution is 6.31. The van der Waals surface area contributed by atoms with Gasteiger partial charge in [-0.1, -0.05) is 18.5 Å². The number of halogens is 1. The molecule has 1 aromatic carbocycles. The maximum Gasteiger partial charge on any atom is 0.251 e. The SMILES string of the molecule is CCc1cc(=O)c(CNC(=O)c2cc(Cl)cc(N(CC)C3CCC(N(C)C)CC3)c2C)c(OC)[nH]1. The van der Waals surface area contributed by atoms with Crippen LogP contribution in [0.4, 0.5) is 5.69 Å². The molecule has 0 spiro atoms. The summed E-state index contributed by atoms with van der Waals surface area (Å²) in [6.45, 7) is 6.98. The van der Waals surface area contributed by atoms with Gasteiger partial charge in [0, 0.05) is 46.7 Å². The van der Waals surface area contributed by atoms with E-state index in [1.54, 1.807) is 12.1 Å². The number of aryl methyl sites for hydroxylation is 1. The molecular formula is C27H39ClN4O3. The number of H-pyrrole nitrogens is 1. The quantitative estimate of drug-likeness (QED) is 0.526. The number of carbonyl (C=O) groups is 1. The van der Waals surface area contributed by atoms with Gasteiger partial charge in [-0.3, -0.25) is 9.59 Å². The Morgan fingerprint density at radius 2 is 1.80 bits per heavy atom. The second-order valence-corrected chi connectivity index (χ2v) is 9.95. The van der Waals surface area contributed by atoms with Crippen LogP contribution in [0.1, 0.15) is 66.7 Å². The second-order valence-electron chi connectivity index (χ2n) is 9.52. The molecule has 3 rings (SSSR count). The minimum absolute atomic E-state index is 0.0641. The minimum Gasteiger partial charge on any atom is -0.482 e. The lowest BCUT2D eigenvalue weighted by Crippen LogP contribution is -2.42. The maximum atomic E-state index is 13.2. The van der Waals surface area contributed by atoms with Gasteiger partial charge in [-0.2, -0.15) is 0 Å². The molecule has 0 radical (unpaired) electrons. The first-order valence-electron chi connectivity index (χ1n) is 12.5. The Kier molecular flexibility index (Phi) is 9.25. The molecule has 8 heteroatoms. The summed E-state index contributed by atoms with van der Waals surface area (Å²) in [6.07, 6.45) is 5.23. The van der Waals surface area contributed by atoms with E-state index in [1.807, 2.05) is 19.9 Å². The number of anilines is 1. The van der Waals surface area contributed by atoms with Gasteiger partial charge in [-0.05, 0) is 77.7 Å². The van der Waals surface area contributed by atoms with Crippen LogP contribution in [-0.2, 0) is 13.0 Å². The summed E-state index contributed by atoms with van der Waals surface area (Å²) in [7, 11) is 5.81. The molecule has 0 aliphatic heterocycles. The fraction of sp³-hybridized carbons (Fsp3) is 0.556. The summed E-state index contributed by atoms with van der Waals surface area (Å²) in [4.78, 5) is 33.6. The van der Waals surface area contributed by atoms with E-state index in [1.165, 1.54) is 7.11 Å². The Hall–Kier alpha value is -2.51. The van der Waals surface area contributed by atoms with Gasteiger partial charge in [-0.15, -0.1) is 0 Å². The van der Waals surface area contributed by atoms with Crippen LogP contribution in [0.2, 0.25) is 5.02 Å². The van der Waals surface area contributed by atoms with Gasteiger partial charge in [0.05, 0.1) is 19.2 Å². The fourth-order valence-electron chi connectivity index (χ4n) is 5.12. The molecule has 2 aromatic rings. The zero-order valence-corrected chi connectivity index (χ0v) is 22.6. The van der Waals surface area contributed by atoms with E-state index in [0.29, 0.717) is 40.5 Å². The van der Waals surface area contributed by atoms with Crippen molar-refractivity contribution in [2.75, 3.05) is 32.6 Å². The summed E-state index contributed by atoms with van der Waals surface area (Å²) in [5.74, 6) is 0.114. The van der Waals surface area contributed by atoms with Gasteiger partial charge in [-0.25, -0.2) is 0 Å². The van der Waals surface area contributed by atoms with E-state index in [0.717, 1.165) is 49.2 Å². The molecule has 35 heavy (non-hydrogen) atoms. The first-order valence-corrected chi connectivity index (χ1v) is 12.9. The number of aromatic nitrogens is 1. The smallest absolute Gasteiger partial charge is 0.251 e. The molecule has 7 nitrogen and oxygen atoms in total. The number of nitrogens with one attached hydrogen (secondary N) is 2. The molecular weight excluding hydrogens is 464 g/mol. The van der Waals surface area contributed by atoms with Gasteiger partial charge >= 0.3 is 0 Å². The van der Waals surface area contributed by atoms with Gasteiger partial charge in [0.25, 0.3) is 5.91 Å². The molecule has 1 amide bonds. The normalized spacial score (nSPS) is 17.9. The molecule has 0 bridgehead atoms. The number of amides is 1. The Labute approximate surface area is 213 Å². The predicted molar refractivity (Wildman–Crippen MR) is 143 cm³/mol. The van der Waals surface area contributed by atoms with E-state index in [2.05, 4.69) is 41.1 Å². The van der Waals surface area contributed by atoms with Crippen molar-refractivity contribution in [2.24, 2.45) is 0 Å². The van der Waals surface area contributed by atoms with Crippen molar-refractivity contribution in [2.45, 2.75) is 71.5 Å². The molecule has 2 N–H and O–H groups in total. The van der Waals surface area contributed by atoms with Gasteiger partial charge in [0.2, 0.25) is 0 Å². The van der Waals surface area contributed by atoms with Crippen LogP contribution in [0, 0.1) is 6.92 Å². The van der Waals surface area contributed by atoms with Crippen molar-refractivity contribution >= 4 is 23.2 Å². The standard InChI is InChI=1S/C27H39ClN4O3/c1-7-19-15-25(33)23(27(30-19)35-6)16-29-26(34)22-13-18(28)14-24(17(22)3)32(8-2)21-11-9-20(10-12-21)31(4)5/h13-15,20-21H,7-12,16H2,1-6H3,(H,29,34)(H,30,33). The second kappa shape index (κ2) is 12.0. The zero-order valence-electron chi connectivity index (χ0n) is 21.8. The highest BCUT2D eigenvalue weighted by atomic mass is 35.5. The summed E-state index contributed by atoms with van der Waals surface area (Å²) in [6, 6.07) is 6.26. The number of carbonyl (C=O) groups excluding carboxylic acids is 1. The van der Waals surface area contributed by atoms with Crippen LogP contribution in [0.25, 0.3) is 0 Å².